The number of hydrogen-bond donors (Lipinski definition) is 0. The Morgan fingerprint density at radius 2 is 1.95 bits per heavy atom. The van der Waals surface area contributed by atoms with Crippen LogP contribution in [0.3, 0.4) is 0 Å². The molecule has 0 heterocycles. The van der Waals surface area contributed by atoms with Crippen LogP contribution in [0.1, 0.15) is 53.9 Å². The summed E-state index contributed by atoms with van der Waals surface area (Å²) in [7, 11) is 1.55. The topological polar surface area (TPSA) is 35.5 Å². The predicted molar refractivity (Wildman–Crippen MR) is 88.7 cm³/mol. The number of esters is 1. The van der Waals surface area contributed by atoms with E-state index in [-0.39, 0.29) is 5.97 Å². The van der Waals surface area contributed by atoms with Crippen LogP contribution in [0.15, 0.2) is 23.8 Å². The van der Waals surface area contributed by atoms with Gasteiger partial charge in [0.1, 0.15) is 12.7 Å². The van der Waals surface area contributed by atoms with Gasteiger partial charge in [0.2, 0.25) is 0 Å². The third kappa shape index (κ3) is 14.5. The second kappa shape index (κ2) is 14.7. The standard InChI is InChI=1S/C9H16O2.C9H14O/c1-4-6-9(5-2)7-11-8(3)10;1-5-8(2)9(3)6-7-10-4/h6H,4-5,7H2,1-3H3;8H,3,5H2,1-2,4H3/b9-6-;. The Bertz CT molecular complexity index is 383. The molecule has 0 amide bonds. The Morgan fingerprint density at radius 1 is 1.33 bits per heavy atom. The highest BCUT2D eigenvalue weighted by Crippen LogP contribution is 2.09. The molecule has 0 bridgehead atoms. The molecule has 21 heavy (non-hydrogen) atoms. The molecule has 1 unspecified atom stereocenters. The van der Waals surface area contributed by atoms with Crippen LogP contribution in [0.4, 0.5) is 0 Å². The number of rotatable bonds is 6. The Balaban J connectivity index is 0. The molecule has 0 aliphatic rings. The Labute approximate surface area is 130 Å². The molecule has 0 rings (SSSR count). The van der Waals surface area contributed by atoms with Crippen LogP contribution in [0.2, 0.25) is 0 Å². The summed E-state index contributed by atoms with van der Waals surface area (Å²) < 4.78 is 9.43. The number of carbonyl (C=O) groups is 1. The molecule has 3 nitrogen and oxygen atoms in total. The van der Waals surface area contributed by atoms with Crippen molar-refractivity contribution in [1.82, 2.24) is 0 Å². The number of ether oxygens (including phenoxy) is 2. The lowest BCUT2D eigenvalue weighted by Gasteiger charge is -2.03. The van der Waals surface area contributed by atoms with E-state index >= 15 is 0 Å². The van der Waals surface area contributed by atoms with Crippen LogP contribution in [0.25, 0.3) is 0 Å². The largest absolute Gasteiger partial charge is 0.461 e. The molecule has 120 valence electrons. The molecule has 0 spiro atoms. The van der Waals surface area contributed by atoms with Crippen molar-refractivity contribution in [3.8, 4) is 12.0 Å². The highest BCUT2D eigenvalue weighted by molar-refractivity contribution is 5.66. The van der Waals surface area contributed by atoms with Crippen LogP contribution in [-0.4, -0.2) is 19.7 Å². The molecule has 0 radical (unpaired) electrons. The van der Waals surface area contributed by atoms with E-state index in [1.165, 1.54) is 12.5 Å². The molecule has 0 aromatic carbocycles. The van der Waals surface area contributed by atoms with Crippen molar-refractivity contribution in [3.05, 3.63) is 23.8 Å². The number of hydrogen-bond acceptors (Lipinski definition) is 3. The molecule has 0 aliphatic heterocycles. The highest BCUT2D eigenvalue weighted by Gasteiger charge is 1.99. The lowest BCUT2D eigenvalue weighted by Crippen LogP contribution is -2.02. The fourth-order valence-corrected chi connectivity index (χ4v) is 1.27. The van der Waals surface area contributed by atoms with Gasteiger partial charge in [0.15, 0.2) is 0 Å². The van der Waals surface area contributed by atoms with Crippen molar-refractivity contribution in [2.24, 2.45) is 5.92 Å². The molecule has 0 fully saturated rings. The number of carbonyl (C=O) groups excluding carboxylic acids is 1. The van der Waals surface area contributed by atoms with Gasteiger partial charge in [-0.25, -0.2) is 0 Å². The fourth-order valence-electron chi connectivity index (χ4n) is 1.27. The van der Waals surface area contributed by atoms with E-state index in [0.29, 0.717) is 12.5 Å². The first-order chi connectivity index (χ1) is 9.92. The van der Waals surface area contributed by atoms with Gasteiger partial charge < -0.3 is 9.47 Å². The average molecular weight is 294 g/mol. The monoisotopic (exact) mass is 294 g/mol. The summed E-state index contributed by atoms with van der Waals surface area (Å²) >= 11 is 0. The fraction of sp³-hybridized carbons (Fsp3) is 0.611. The predicted octanol–water partition coefficient (Wildman–Crippen LogP) is 4.49. The molecular formula is C18H30O3. The first kappa shape index (κ1) is 21.6. The number of allylic oxidation sites excluding steroid dienone is 2. The van der Waals surface area contributed by atoms with Crippen molar-refractivity contribution < 1.29 is 14.3 Å². The Morgan fingerprint density at radius 3 is 2.33 bits per heavy atom. The van der Waals surface area contributed by atoms with Gasteiger partial charge >= 0.3 is 5.97 Å². The smallest absolute Gasteiger partial charge is 0.302 e. The second-order valence-corrected chi connectivity index (χ2v) is 4.67. The van der Waals surface area contributed by atoms with Crippen molar-refractivity contribution in [1.29, 1.82) is 0 Å². The minimum Gasteiger partial charge on any atom is -0.461 e. The molecule has 3 heteroatoms. The SMILES string of the molecule is C=C(C#COC)C(C)CC.CC/C=C(/CC)COC(C)=O. The van der Waals surface area contributed by atoms with Gasteiger partial charge in [0, 0.05) is 12.5 Å². The molecular weight excluding hydrogens is 264 g/mol. The zero-order chi connectivity index (χ0) is 16.7. The van der Waals surface area contributed by atoms with Gasteiger partial charge in [-0.1, -0.05) is 40.3 Å². The van der Waals surface area contributed by atoms with E-state index in [4.69, 9.17) is 4.74 Å². The van der Waals surface area contributed by atoms with Crippen LogP contribution in [0.5, 0.6) is 0 Å². The second-order valence-electron chi connectivity index (χ2n) is 4.67. The van der Waals surface area contributed by atoms with Crippen LogP contribution >= 0.6 is 0 Å². The summed E-state index contributed by atoms with van der Waals surface area (Å²) in [5, 5.41) is 0. The zero-order valence-corrected chi connectivity index (χ0v) is 14.4. The van der Waals surface area contributed by atoms with Crippen LogP contribution in [0, 0.1) is 17.9 Å². The molecule has 0 aromatic heterocycles. The summed E-state index contributed by atoms with van der Waals surface area (Å²) in [4.78, 5) is 10.4. The van der Waals surface area contributed by atoms with Gasteiger partial charge in [-0.3, -0.25) is 4.79 Å². The zero-order valence-electron chi connectivity index (χ0n) is 14.4. The van der Waals surface area contributed by atoms with E-state index in [9.17, 15) is 4.79 Å². The summed E-state index contributed by atoms with van der Waals surface area (Å²) in [6.07, 6.45) is 7.66. The third-order valence-corrected chi connectivity index (χ3v) is 2.93. The van der Waals surface area contributed by atoms with Crippen LogP contribution < -0.4 is 0 Å². The van der Waals surface area contributed by atoms with E-state index in [2.05, 4.69) is 57.1 Å². The molecule has 0 saturated carbocycles. The maximum absolute atomic E-state index is 10.4. The molecule has 0 N–H and O–H groups in total. The third-order valence-electron chi connectivity index (χ3n) is 2.93. The average Bonchev–Trinajstić information content (AvgIpc) is 2.48. The van der Waals surface area contributed by atoms with Crippen molar-refractivity contribution in [2.45, 2.75) is 53.9 Å². The lowest BCUT2D eigenvalue weighted by molar-refractivity contribution is -0.140. The van der Waals surface area contributed by atoms with Gasteiger partial charge in [-0.05, 0) is 36.7 Å². The van der Waals surface area contributed by atoms with Crippen LogP contribution in [-0.2, 0) is 14.3 Å². The van der Waals surface area contributed by atoms with E-state index in [1.54, 1.807) is 7.11 Å². The van der Waals surface area contributed by atoms with Gasteiger partial charge in [0.05, 0.1) is 7.11 Å². The summed E-state index contributed by atoms with van der Waals surface area (Å²) in [5.41, 5.74) is 2.15. The normalized spacial score (nSPS) is 11.2. The summed E-state index contributed by atoms with van der Waals surface area (Å²) in [5.74, 6) is 3.08. The first-order valence-corrected chi connectivity index (χ1v) is 7.46. The molecule has 0 saturated heterocycles. The highest BCUT2D eigenvalue weighted by atomic mass is 16.5. The van der Waals surface area contributed by atoms with Crippen molar-refractivity contribution >= 4 is 5.97 Å². The van der Waals surface area contributed by atoms with Gasteiger partial charge in [0.25, 0.3) is 0 Å². The Hall–Kier alpha value is -1.69. The minimum absolute atomic E-state index is 0.208. The lowest BCUT2D eigenvalue weighted by atomic mass is 10.0. The van der Waals surface area contributed by atoms with E-state index in [1.807, 2.05) is 0 Å². The molecule has 0 aliphatic carbocycles. The quantitative estimate of drug-likeness (QED) is 0.411. The summed E-state index contributed by atoms with van der Waals surface area (Å²) in [6.45, 7) is 14.0. The number of methoxy groups -OCH3 is 1. The first-order valence-electron chi connectivity index (χ1n) is 7.46. The van der Waals surface area contributed by atoms with Crippen molar-refractivity contribution in [2.75, 3.05) is 13.7 Å². The summed E-state index contributed by atoms with van der Waals surface area (Å²) in [6, 6.07) is 0. The molecule has 1 atom stereocenters. The molecule has 0 aromatic rings. The maximum atomic E-state index is 10.4. The maximum Gasteiger partial charge on any atom is 0.302 e. The van der Waals surface area contributed by atoms with E-state index < -0.39 is 0 Å². The minimum atomic E-state index is -0.208. The van der Waals surface area contributed by atoms with Gasteiger partial charge in [-0.15, -0.1) is 0 Å². The van der Waals surface area contributed by atoms with Gasteiger partial charge in [-0.2, -0.15) is 0 Å². The Kier molecular flexibility index (Phi) is 15.1. The van der Waals surface area contributed by atoms with E-state index in [0.717, 1.165) is 24.8 Å². The van der Waals surface area contributed by atoms with Crippen molar-refractivity contribution in [3.63, 3.8) is 0 Å².